The highest BCUT2D eigenvalue weighted by atomic mass is 16.2. The lowest BCUT2D eigenvalue weighted by molar-refractivity contribution is -0.133. The van der Waals surface area contributed by atoms with Gasteiger partial charge < -0.3 is 15.5 Å². The van der Waals surface area contributed by atoms with E-state index < -0.39 is 0 Å². The number of carbonyl (C=O) groups excluding carboxylic acids is 3. The van der Waals surface area contributed by atoms with Crippen LogP contribution < -0.4 is 10.6 Å². The molecule has 0 spiro atoms. The van der Waals surface area contributed by atoms with Gasteiger partial charge in [0.25, 0.3) is 0 Å². The van der Waals surface area contributed by atoms with Crippen LogP contribution in [0.5, 0.6) is 0 Å². The molecule has 0 heterocycles. The Balaban J connectivity index is 2.00. The van der Waals surface area contributed by atoms with Gasteiger partial charge in [0.2, 0.25) is 17.7 Å². The van der Waals surface area contributed by atoms with Gasteiger partial charge in [0, 0.05) is 31.8 Å². The molecule has 26 heavy (non-hydrogen) atoms. The van der Waals surface area contributed by atoms with Gasteiger partial charge in [0.05, 0.1) is 0 Å². The molecule has 0 aromatic heterocycles. The number of amides is 3. The number of nitrogens with one attached hydrogen (secondary N) is 2. The Labute approximate surface area is 153 Å². The number of carbonyl (C=O) groups is 3. The molecule has 3 amide bonds. The predicted octanol–water partition coefficient (Wildman–Crippen LogP) is 2.94. The van der Waals surface area contributed by atoms with Gasteiger partial charge in [-0.2, -0.15) is 0 Å². The van der Waals surface area contributed by atoms with Crippen LogP contribution >= 0.6 is 0 Å². The summed E-state index contributed by atoms with van der Waals surface area (Å²) >= 11 is 0. The number of aryl methyl sites for hydroxylation is 1. The molecule has 2 N–H and O–H groups in total. The zero-order valence-electron chi connectivity index (χ0n) is 15.2. The molecule has 0 saturated heterocycles. The van der Waals surface area contributed by atoms with E-state index in [9.17, 15) is 14.4 Å². The highest BCUT2D eigenvalue weighted by Crippen LogP contribution is 2.15. The molecule has 0 aliphatic carbocycles. The van der Waals surface area contributed by atoms with Crippen molar-refractivity contribution in [3.63, 3.8) is 0 Å². The largest absolute Gasteiger partial charge is 0.329 e. The summed E-state index contributed by atoms with van der Waals surface area (Å²) in [6.45, 7) is 5.18. The minimum atomic E-state index is -0.299. The van der Waals surface area contributed by atoms with Gasteiger partial charge in [-0.25, -0.2) is 0 Å². The standard InChI is InChI=1S/C20H23N3O3/c1-14-7-9-17(10-8-14)12-23(16(3)25)13-20(26)22-19-6-4-5-18(11-19)21-15(2)24/h4-11H,12-13H2,1-3H3,(H,21,24)(H,22,26). The maximum Gasteiger partial charge on any atom is 0.244 e. The van der Waals surface area contributed by atoms with E-state index >= 15 is 0 Å². The highest BCUT2D eigenvalue weighted by Gasteiger charge is 2.14. The van der Waals surface area contributed by atoms with Crippen molar-refractivity contribution < 1.29 is 14.4 Å². The van der Waals surface area contributed by atoms with Crippen LogP contribution in [0.15, 0.2) is 48.5 Å². The quantitative estimate of drug-likeness (QED) is 0.838. The van der Waals surface area contributed by atoms with E-state index in [0.717, 1.165) is 11.1 Å². The van der Waals surface area contributed by atoms with Gasteiger partial charge in [0.1, 0.15) is 6.54 Å². The maximum absolute atomic E-state index is 12.3. The van der Waals surface area contributed by atoms with Crippen LogP contribution in [0.2, 0.25) is 0 Å². The van der Waals surface area contributed by atoms with Gasteiger partial charge in [-0.1, -0.05) is 35.9 Å². The molecule has 2 aromatic rings. The second-order valence-corrected chi connectivity index (χ2v) is 6.17. The third-order valence-electron chi connectivity index (χ3n) is 3.74. The summed E-state index contributed by atoms with van der Waals surface area (Å²) in [6, 6.07) is 14.7. The summed E-state index contributed by atoms with van der Waals surface area (Å²) < 4.78 is 0. The molecular formula is C20H23N3O3. The molecule has 6 heteroatoms. The monoisotopic (exact) mass is 353 g/mol. The zero-order valence-corrected chi connectivity index (χ0v) is 15.2. The van der Waals surface area contributed by atoms with Crippen LogP contribution in [0.1, 0.15) is 25.0 Å². The van der Waals surface area contributed by atoms with Crippen LogP contribution in [-0.2, 0) is 20.9 Å². The van der Waals surface area contributed by atoms with Gasteiger partial charge in [-0.05, 0) is 30.7 Å². The third-order valence-corrected chi connectivity index (χ3v) is 3.74. The molecule has 0 fully saturated rings. The molecule has 6 nitrogen and oxygen atoms in total. The molecular weight excluding hydrogens is 330 g/mol. The fourth-order valence-corrected chi connectivity index (χ4v) is 2.44. The maximum atomic E-state index is 12.3. The minimum absolute atomic E-state index is 0.0480. The van der Waals surface area contributed by atoms with E-state index in [4.69, 9.17) is 0 Å². The topological polar surface area (TPSA) is 78.5 Å². The van der Waals surface area contributed by atoms with Gasteiger partial charge >= 0.3 is 0 Å². The second-order valence-electron chi connectivity index (χ2n) is 6.17. The molecule has 0 unspecified atom stereocenters. The summed E-state index contributed by atoms with van der Waals surface area (Å²) in [5.41, 5.74) is 3.25. The van der Waals surface area contributed by atoms with Crippen molar-refractivity contribution in [2.45, 2.75) is 27.3 Å². The number of hydrogen-bond donors (Lipinski definition) is 2. The molecule has 0 aliphatic rings. The third kappa shape index (κ3) is 6.05. The lowest BCUT2D eigenvalue weighted by Gasteiger charge is -2.21. The Hall–Kier alpha value is -3.15. The molecule has 136 valence electrons. The van der Waals surface area contributed by atoms with Crippen molar-refractivity contribution in [2.75, 3.05) is 17.2 Å². The van der Waals surface area contributed by atoms with Crippen LogP contribution in [0.4, 0.5) is 11.4 Å². The first-order valence-corrected chi connectivity index (χ1v) is 8.32. The molecule has 0 saturated carbocycles. The lowest BCUT2D eigenvalue weighted by atomic mass is 10.1. The Morgan fingerprint density at radius 1 is 0.923 bits per heavy atom. The summed E-state index contributed by atoms with van der Waals surface area (Å²) in [6.07, 6.45) is 0. The van der Waals surface area contributed by atoms with Crippen LogP contribution in [0.3, 0.4) is 0 Å². The van der Waals surface area contributed by atoms with Crippen LogP contribution in [-0.4, -0.2) is 29.2 Å². The van der Waals surface area contributed by atoms with E-state index in [0.29, 0.717) is 17.9 Å². The first kappa shape index (κ1) is 19.2. The smallest absolute Gasteiger partial charge is 0.244 e. The SMILES string of the molecule is CC(=O)Nc1cccc(NC(=O)CN(Cc2ccc(C)cc2)C(C)=O)c1. The molecule has 0 atom stereocenters. The fraction of sp³-hybridized carbons (Fsp3) is 0.250. The molecule has 0 aliphatic heterocycles. The molecule has 0 bridgehead atoms. The van der Waals surface area contributed by atoms with Gasteiger partial charge in [-0.15, -0.1) is 0 Å². The summed E-state index contributed by atoms with van der Waals surface area (Å²) in [4.78, 5) is 36.8. The van der Waals surface area contributed by atoms with Gasteiger partial charge in [-0.3, -0.25) is 14.4 Å². The van der Waals surface area contributed by atoms with Crippen molar-refractivity contribution in [1.29, 1.82) is 0 Å². The predicted molar refractivity (Wildman–Crippen MR) is 102 cm³/mol. The van der Waals surface area contributed by atoms with Crippen molar-refractivity contribution in [2.24, 2.45) is 0 Å². The molecule has 0 radical (unpaired) electrons. The first-order chi connectivity index (χ1) is 12.3. The Morgan fingerprint density at radius 2 is 1.54 bits per heavy atom. The van der Waals surface area contributed by atoms with Crippen molar-refractivity contribution in [3.05, 3.63) is 59.7 Å². The van der Waals surface area contributed by atoms with E-state index in [1.807, 2.05) is 31.2 Å². The van der Waals surface area contributed by atoms with E-state index in [1.54, 1.807) is 24.3 Å². The zero-order chi connectivity index (χ0) is 19.1. The average Bonchev–Trinajstić information content (AvgIpc) is 2.55. The molecule has 2 aromatic carbocycles. The van der Waals surface area contributed by atoms with Gasteiger partial charge in [0.15, 0.2) is 0 Å². The summed E-state index contributed by atoms with van der Waals surface area (Å²) in [5.74, 6) is -0.658. The lowest BCUT2D eigenvalue weighted by Crippen LogP contribution is -2.36. The summed E-state index contributed by atoms with van der Waals surface area (Å²) in [5, 5.41) is 5.41. The minimum Gasteiger partial charge on any atom is -0.329 e. The second kappa shape index (κ2) is 8.80. The number of benzene rings is 2. The normalized spacial score (nSPS) is 10.1. The Kier molecular flexibility index (Phi) is 6.49. The first-order valence-electron chi connectivity index (χ1n) is 8.32. The van der Waals surface area contributed by atoms with E-state index in [2.05, 4.69) is 10.6 Å². The number of rotatable bonds is 6. The Bertz CT molecular complexity index is 800. The molecule has 2 rings (SSSR count). The average molecular weight is 353 g/mol. The Morgan fingerprint density at radius 3 is 2.12 bits per heavy atom. The van der Waals surface area contributed by atoms with Crippen LogP contribution in [0.25, 0.3) is 0 Å². The van der Waals surface area contributed by atoms with Crippen molar-refractivity contribution in [3.8, 4) is 0 Å². The summed E-state index contributed by atoms with van der Waals surface area (Å²) in [7, 11) is 0. The highest BCUT2D eigenvalue weighted by molar-refractivity contribution is 5.95. The van der Waals surface area contributed by atoms with Crippen molar-refractivity contribution >= 4 is 29.1 Å². The fourth-order valence-electron chi connectivity index (χ4n) is 2.44. The van der Waals surface area contributed by atoms with Crippen molar-refractivity contribution in [1.82, 2.24) is 4.90 Å². The number of anilines is 2. The van der Waals surface area contributed by atoms with E-state index in [1.165, 1.54) is 18.7 Å². The number of hydrogen-bond acceptors (Lipinski definition) is 3. The number of nitrogens with zero attached hydrogens (tertiary/aromatic N) is 1. The van der Waals surface area contributed by atoms with Crippen LogP contribution in [0, 0.1) is 6.92 Å². The van der Waals surface area contributed by atoms with E-state index in [-0.39, 0.29) is 24.3 Å².